The van der Waals surface area contributed by atoms with Crippen LogP contribution < -0.4 is 4.72 Å². The Morgan fingerprint density at radius 2 is 1.83 bits per heavy atom. The number of rotatable bonds is 8. The van der Waals surface area contributed by atoms with Crippen molar-refractivity contribution in [2.75, 3.05) is 0 Å². The molecule has 1 unspecified atom stereocenters. The average Bonchev–Trinajstić information content (AvgIpc) is 3.56. The van der Waals surface area contributed by atoms with Gasteiger partial charge in [-0.25, -0.2) is 35.1 Å². The molecule has 3 aromatic rings. The van der Waals surface area contributed by atoms with Gasteiger partial charge in [0.2, 0.25) is 10.0 Å². The summed E-state index contributed by atoms with van der Waals surface area (Å²) < 4.78 is 99.3. The maximum absolute atomic E-state index is 15.3. The molecule has 1 aliphatic rings. The van der Waals surface area contributed by atoms with Crippen molar-refractivity contribution in [3.8, 4) is 11.1 Å². The van der Waals surface area contributed by atoms with Crippen molar-refractivity contribution in [3.63, 3.8) is 0 Å². The van der Waals surface area contributed by atoms with Gasteiger partial charge in [0, 0.05) is 46.5 Å². The van der Waals surface area contributed by atoms with Crippen molar-refractivity contribution < 1.29 is 30.4 Å². The number of hydrogen-bond acceptors (Lipinski definition) is 3. The summed E-state index contributed by atoms with van der Waals surface area (Å²) in [5.41, 5.74) is -0.920. The molecule has 0 saturated heterocycles. The van der Waals surface area contributed by atoms with Crippen LogP contribution in [0, 0.1) is 11.2 Å². The minimum atomic E-state index is -3.98. The molecule has 1 atom stereocenters. The van der Waals surface area contributed by atoms with Crippen LogP contribution in [0.5, 0.6) is 0 Å². The molecule has 5 nitrogen and oxygen atoms in total. The van der Waals surface area contributed by atoms with Gasteiger partial charge in [-0.2, -0.15) is 0 Å². The van der Waals surface area contributed by atoms with Gasteiger partial charge in [-0.05, 0) is 36.5 Å². The quantitative estimate of drug-likeness (QED) is 0.363. The summed E-state index contributed by atoms with van der Waals surface area (Å²) in [6.07, 6.45) is -2.68. The van der Waals surface area contributed by atoms with Crippen LogP contribution in [-0.4, -0.2) is 29.6 Å². The fraction of sp³-hybridized carbons (Fsp3) is 0.458. The molecule has 190 valence electrons. The van der Waals surface area contributed by atoms with Gasteiger partial charge in [-0.15, -0.1) is 0 Å². The molecule has 1 saturated carbocycles. The second kappa shape index (κ2) is 9.16. The van der Waals surface area contributed by atoms with Crippen LogP contribution in [0.25, 0.3) is 22.0 Å². The lowest BCUT2D eigenvalue weighted by atomic mass is 9.96. The zero-order valence-electron chi connectivity index (χ0n) is 19.4. The Morgan fingerprint density at radius 1 is 1.14 bits per heavy atom. The standard InChI is InChI=1S/C24H26F5N3O2S/c1-24(2,3)12-32-11-17(21(23(28)29)31-35(33,34)13-6-7-13)16-9-18(25)15(10-19(16)32)14-5-4-8-30-20(14)22(26)27/h4-5,8-11,13,21-23,31H,6-7,12H2,1-3H3. The predicted octanol–water partition coefficient (Wildman–Crippen LogP) is 6.21. The predicted molar refractivity (Wildman–Crippen MR) is 123 cm³/mol. The number of fused-ring (bicyclic) bond motifs is 1. The van der Waals surface area contributed by atoms with Gasteiger partial charge in [0.25, 0.3) is 12.9 Å². The normalized spacial score (nSPS) is 15.9. The van der Waals surface area contributed by atoms with E-state index in [0.29, 0.717) is 24.9 Å². The lowest BCUT2D eigenvalue weighted by Gasteiger charge is -2.20. The summed E-state index contributed by atoms with van der Waals surface area (Å²) in [5, 5.41) is -0.629. The lowest BCUT2D eigenvalue weighted by Crippen LogP contribution is -2.35. The van der Waals surface area contributed by atoms with E-state index in [-0.39, 0.29) is 27.5 Å². The van der Waals surface area contributed by atoms with Crippen molar-refractivity contribution in [1.29, 1.82) is 0 Å². The molecule has 0 bridgehead atoms. The van der Waals surface area contributed by atoms with Gasteiger partial charge < -0.3 is 4.57 Å². The van der Waals surface area contributed by atoms with Gasteiger partial charge in [0.1, 0.15) is 17.6 Å². The number of halogens is 5. The molecule has 2 aromatic heterocycles. The van der Waals surface area contributed by atoms with Crippen molar-refractivity contribution in [1.82, 2.24) is 14.3 Å². The van der Waals surface area contributed by atoms with E-state index in [9.17, 15) is 26.0 Å². The highest BCUT2D eigenvalue weighted by Gasteiger charge is 2.40. The highest BCUT2D eigenvalue weighted by Crippen LogP contribution is 2.39. The number of hydrogen-bond donors (Lipinski definition) is 1. The Kier molecular flexibility index (Phi) is 6.69. The van der Waals surface area contributed by atoms with Gasteiger partial charge in [-0.1, -0.05) is 26.8 Å². The van der Waals surface area contributed by atoms with Crippen molar-refractivity contribution in [2.24, 2.45) is 5.41 Å². The van der Waals surface area contributed by atoms with Crippen LogP contribution in [0.3, 0.4) is 0 Å². The summed E-state index contributed by atoms with van der Waals surface area (Å²) in [6.45, 7) is 6.08. The summed E-state index contributed by atoms with van der Waals surface area (Å²) >= 11 is 0. The van der Waals surface area contributed by atoms with Crippen LogP contribution >= 0.6 is 0 Å². The third-order valence-electron chi connectivity index (χ3n) is 5.82. The zero-order chi connectivity index (χ0) is 25.7. The summed E-state index contributed by atoms with van der Waals surface area (Å²) in [6, 6.07) is 3.18. The van der Waals surface area contributed by atoms with E-state index in [1.165, 1.54) is 30.6 Å². The van der Waals surface area contributed by atoms with Crippen LogP contribution in [-0.2, 0) is 16.6 Å². The molecule has 0 aliphatic heterocycles. The number of alkyl halides is 4. The average molecular weight is 516 g/mol. The molecule has 1 fully saturated rings. The lowest BCUT2D eigenvalue weighted by molar-refractivity contribution is 0.109. The van der Waals surface area contributed by atoms with Crippen LogP contribution in [0.15, 0.2) is 36.7 Å². The van der Waals surface area contributed by atoms with Crippen molar-refractivity contribution in [2.45, 2.75) is 64.3 Å². The molecule has 4 rings (SSSR count). The molecule has 11 heteroatoms. The number of benzene rings is 1. The zero-order valence-corrected chi connectivity index (χ0v) is 20.2. The van der Waals surface area contributed by atoms with E-state index in [2.05, 4.69) is 9.71 Å². The van der Waals surface area contributed by atoms with E-state index in [0.717, 1.165) is 6.07 Å². The monoisotopic (exact) mass is 515 g/mol. The van der Waals surface area contributed by atoms with Crippen molar-refractivity contribution >= 4 is 20.9 Å². The molecule has 0 spiro atoms. The Bertz CT molecular complexity index is 1350. The summed E-state index contributed by atoms with van der Waals surface area (Å²) in [4.78, 5) is 3.68. The minimum Gasteiger partial charge on any atom is -0.347 e. The van der Waals surface area contributed by atoms with E-state index in [1.54, 1.807) is 4.57 Å². The fourth-order valence-electron chi connectivity index (χ4n) is 4.16. The first-order valence-corrected chi connectivity index (χ1v) is 12.7. The molecule has 1 aromatic carbocycles. The molecule has 0 radical (unpaired) electrons. The second-order valence-corrected chi connectivity index (χ2v) is 12.0. The molecule has 1 aliphatic carbocycles. The van der Waals surface area contributed by atoms with Crippen molar-refractivity contribution in [3.05, 3.63) is 53.7 Å². The Labute approximate surface area is 200 Å². The van der Waals surface area contributed by atoms with Gasteiger partial charge >= 0.3 is 0 Å². The SMILES string of the molecule is CC(C)(C)Cn1cc(C(NS(=O)(=O)C2CC2)C(F)F)c2cc(F)c(-c3cccnc3C(F)F)cc21. The largest absolute Gasteiger partial charge is 0.347 e. The Balaban J connectivity index is 1.92. The summed E-state index contributed by atoms with van der Waals surface area (Å²) in [7, 11) is -3.98. The van der Waals surface area contributed by atoms with Crippen LogP contribution in [0.2, 0.25) is 0 Å². The fourth-order valence-corrected chi connectivity index (χ4v) is 5.69. The number of sulfonamides is 1. The molecule has 0 amide bonds. The molecular weight excluding hydrogens is 489 g/mol. The molecule has 35 heavy (non-hydrogen) atoms. The van der Waals surface area contributed by atoms with E-state index in [4.69, 9.17) is 0 Å². The topological polar surface area (TPSA) is 64.0 Å². The minimum absolute atomic E-state index is 0.0748. The second-order valence-electron chi connectivity index (χ2n) is 10.0. The number of aromatic nitrogens is 2. The molecule has 1 N–H and O–H groups in total. The van der Waals surface area contributed by atoms with Gasteiger partial charge in [0.15, 0.2) is 0 Å². The van der Waals surface area contributed by atoms with Gasteiger partial charge in [0.05, 0.1) is 5.25 Å². The summed E-state index contributed by atoms with van der Waals surface area (Å²) in [5.74, 6) is -0.903. The Hall–Kier alpha value is -2.53. The highest BCUT2D eigenvalue weighted by atomic mass is 32.2. The first-order chi connectivity index (χ1) is 16.3. The smallest absolute Gasteiger partial charge is 0.280 e. The Morgan fingerprint density at radius 3 is 2.40 bits per heavy atom. The maximum Gasteiger partial charge on any atom is 0.280 e. The molecular formula is C24H26F5N3O2S. The number of nitrogens with zero attached hydrogens (tertiary/aromatic N) is 2. The third kappa shape index (κ3) is 5.35. The molecule has 2 heterocycles. The first kappa shape index (κ1) is 25.6. The third-order valence-corrected chi connectivity index (χ3v) is 7.75. The first-order valence-electron chi connectivity index (χ1n) is 11.1. The van der Waals surface area contributed by atoms with Gasteiger partial charge in [-0.3, -0.25) is 4.98 Å². The van der Waals surface area contributed by atoms with E-state index in [1.807, 2.05) is 20.8 Å². The van der Waals surface area contributed by atoms with Crippen LogP contribution in [0.1, 0.15) is 57.3 Å². The highest BCUT2D eigenvalue weighted by molar-refractivity contribution is 7.90. The van der Waals surface area contributed by atoms with E-state index < -0.39 is 45.7 Å². The van der Waals surface area contributed by atoms with E-state index >= 15 is 4.39 Å². The van der Waals surface area contributed by atoms with Crippen LogP contribution in [0.4, 0.5) is 22.0 Å². The number of pyridine rings is 1. The maximum atomic E-state index is 15.3. The number of nitrogens with one attached hydrogen (secondary N) is 1.